The summed E-state index contributed by atoms with van der Waals surface area (Å²) >= 11 is 0. The van der Waals surface area contributed by atoms with Crippen molar-refractivity contribution in [3.63, 3.8) is 0 Å². The van der Waals surface area contributed by atoms with E-state index in [1.807, 2.05) is 17.2 Å². The highest BCUT2D eigenvalue weighted by Gasteiger charge is 2.33. The van der Waals surface area contributed by atoms with E-state index in [9.17, 15) is 9.90 Å². The number of hydrogen-bond acceptors (Lipinski definition) is 4. The Bertz CT molecular complexity index is 537. The van der Waals surface area contributed by atoms with Crippen molar-refractivity contribution in [1.82, 2.24) is 14.8 Å². The molecule has 132 valence electrons. The molecule has 3 rings (SSSR count). The first-order valence-electron chi connectivity index (χ1n) is 9.16. The standard InChI is InChI=1S/C19H29N3O2/c1-15-8-17(14-23)12-22(10-15)19(24)18-5-3-7-21(13-18)11-16-4-2-6-20-9-16/h2,4,6,9,15,17-18,23H,3,5,7-8,10-14H2,1H3. The highest BCUT2D eigenvalue weighted by atomic mass is 16.3. The van der Waals surface area contributed by atoms with Crippen molar-refractivity contribution in [3.8, 4) is 0 Å². The predicted octanol–water partition coefficient (Wildman–Crippen LogP) is 1.77. The van der Waals surface area contributed by atoms with E-state index < -0.39 is 0 Å². The molecule has 2 saturated heterocycles. The van der Waals surface area contributed by atoms with Crippen molar-refractivity contribution in [2.45, 2.75) is 32.7 Å². The lowest BCUT2D eigenvalue weighted by Crippen LogP contribution is -2.50. The molecule has 2 aliphatic heterocycles. The minimum Gasteiger partial charge on any atom is -0.396 e. The summed E-state index contributed by atoms with van der Waals surface area (Å²) in [7, 11) is 0. The molecular formula is C19H29N3O2. The van der Waals surface area contributed by atoms with Crippen LogP contribution in [0.5, 0.6) is 0 Å². The maximum Gasteiger partial charge on any atom is 0.226 e. The average Bonchev–Trinajstić information content (AvgIpc) is 2.61. The van der Waals surface area contributed by atoms with Crippen molar-refractivity contribution in [3.05, 3.63) is 30.1 Å². The molecular weight excluding hydrogens is 302 g/mol. The molecule has 0 aliphatic carbocycles. The second kappa shape index (κ2) is 8.08. The molecule has 1 aromatic rings. The van der Waals surface area contributed by atoms with E-state index in [-0.39, 0.29) is 24.3 Å². The molecule has 5 heteroatoms. The molecule has 0 radical (unpaired) electrons. The maximum absolute atomic E-state index is 13.0. The zero-order valence-corrected chi connectivity index (χ0v) is 14.6. The van der Waals surface area contributed by atoms with Crippen LogP contribution in [0.1, 0.15) is 31.7 Å². The number of likely N-dealkylation sites (tertiary alicyclic amines) is 2. The lowest BCUT2D eigenvalue weighted by Gasteiger charge is -2.40. The number of pyridine rings is 1. The van der Waals surface area contributed by atoms with E-state index in [0.29, 0.717) is 5.92 Å². The van der Waals surface area contributed by atoms with Gasteiger partial charge in [0.1, 0.15) is 0 Å². The normalized spacial score (nSPS) is 28.8. The van der Waals surface area contributed by atoms with E-state index in [4.69, 9.17) is 0 Å². The van der Waals surface area contributed by atoms with Gasteiger partial charge in [0.05, 0.1) is 5.92 Å². The van der Waals surface area contributed by atoms with Gasteiger partial charge in [0, 0.05) is 45.2 Å². The Morgan fingerprint density at radius 1 is 1.38 bits per heavy atom. The van der Waals surface area contributed by atoms with Gasteiger partial charge in [0.25, 0.3) is 0 Å². The van der Waals surface area contributed by atoms with E-state index in [2.05, 4.69) is 22.9 Å². The lowest BCUT2D eigenvalue weighted by molar-refractivity contribution is -0.140. The zero-order chi connectivity index (χ0) is 16.9. The van der Waals surface area contributed by atoms with Gasteiger partial charge in [-0.1, -0.05) is 13.0 Å². The molecule has 1 N–H and O–H groups in total. The summed E-state index contributed by atoms with van der Waals surface area (Å²) in [6, 6.07) is 4.06. The number of aliphatic hydroxyl groups is 1. The van der Waals surface area contributed by atoms with Crippen LogP contribution in [-0.2, 0) is 11.3 Å². The second-order valence-corrected chi connectivity index (χ2v) is 7.57. The number of piperidine rings is 2. The van der Waals surface area contributed by atoms with Crippen LogP contribution in [0.25, 0.3) is 0 Å². The van der Waals surface area contributed by atoms with Gasteiger partial charge in [-0.25, -0.2) is 0 Å². The second-order valence-electron chi connectivity index (χ2n) is 7.57. The molecule has 0 saturated carbocycles. The predicted molar refractivity (Wildman–Crippen MR) is 93.2 cm³/mol. The quantitative estimate of drug-likeness (QED) is 0.914. The van der Waals surface area contributed by atoms with Gasteiger partial charge in [-0.15, -0.1) is 0 Å². The van der Waals surface area contributed by atoms with Crippen LogP contribution in [0.3, 0.4) is 0 Å². The number of nitrogens with zero attached hydrogens (tertiary/aromatic N) is 3. The third-order valence-electron chi connectivity index (χ3n) is 5.30. The van der Waals surface area contributed by atoms with Crippen LogP contribution >= 0.6 is 0 Å². The van der Waals surface area contributed by atoms with E-state index in [0.717, 1.165) is 52.0 Å². The summed E-state index contributed by atoms with van der Waals surface area (Å²) in [5, 5.41) is 9.47. The molecule has 1 amide bonds. The van der Waals surface area contributed by atoms with E-state index >= 15 is 0 Å². The third kappa shape index (κ3) is 4.33. The van der Waals surface area contributed by atoms with Gasteiger partial charge in [-0.2, -0.15) is 0 Å². The molecule has 2 fully saturated rings. The molecule has 5 nitrogen and oxygen atoms in total. The minimum absolute atomic E-state index is 0.0973. The Labute approximate surface area is 144 Å². The molecule has 3 heterocycles. The number of aliphatic hydroxyl groups excluding tert-OH is 1. The van der Waals surface area contributed by atoms with Crippen molar-refractivity contribution < 1.29 is 9.90 Å². The largest absolute Gasteiger partial charge is 0.396 e. The monoisotopic (exact) mass is 331 g/mol. The lowest BCUT2D eigenvalue weighted by atomic mass is 9.89. The van der Waals surface area contributed by atoms with Gasteiger partial charge in [-0.05, 0) is 49.3 Å². The topological polar surface area (TPSA) is 56.7 Å². The summed E-state index contributed by atoms with van der Waals surface area (Å²) in [6.45, 7) is 6.68. The van der Waals surface area contributed by atoms with Gasteiger partial charge < -0.3 is 10.0 Å². The van der Waals surface area contributed by atoms with Crippen molar-refractivity contribution in [1.29, 1.82) is 0 Å². The molecule has 2 aliphatic rings. The maximum atomic E-state index is 13.0. The van der Waals surface area contributed by atoms with Gasteiger partial charge in [0.15, 0.2) is 0 Å². The van der Waals surface area contributed by atoms with Crippen molar-refractivity contribution in [2.75, 3.05) is 32.8 Å². The van der Waals surface area contributed by atoms with Crippen LogP contribution in [-0.4, -0.2) is 58.6 Å². The zero-order valence-electron chi connectivity index (χ0n) is 14.6. The highest BCUT2D eigenvalue weighted by Crippen LogP contribution is 2.26. The Morgan fingerprint density at radius 3 is 3.00 bits per heavy atom. The average molecular weight is 331 g/mol. The summed E-state index contributed by atoms with van der Waals surface area (Å²) in [6.07, 6.45) is 6.78. The van der Waals surface area contributed by atoms with Gasteiger partial charge in [0.2, 0.25) is 5.91 Å². The molecule has 0 spiro atoms. The summed E-state index contributed by atoms with van der Waals surface area (Å²) < 4.78 is 0. The smallest absolute Gasteiger partial charge is 0.226 e. The number of aromatic nitrogens is 1. The Hall–Kier alpha value is -1.46. The molecule has 0 aromatic carbocycles. The number of carbonyl (C=O) groups is 1. The molecule has 0 bridgehead atoms. The van der Waals surface area contributed by atoms with Gasteiger partial charge >= 0.3 is 0 Å². The van der Waals surface area contributed by atoms with Crippen LogP contribution in [0.2, 0.25) is 0 Å². The Balaban J connectivity index is 1.58. The number of rotatable bonds is 4. The highest BCUT2D eigenvalue weighted by molar-refractivity contribution is 5.79. The minimum atomic E-state index is 0.0973. The van der Waals surface area contributed by atoms with E-state index in [1.165, 1.54) is 5.56 Å². The van der Waals surface area contributed by atoms with Crippen LogP contribution in [0, 0.1) is 17.8 Å². The Morgan fingerprint density at radius 2 is 2.25 bits per heavy atom. The van der Waals surface area contributed by atoms with Crippen LogP contribution < -0.4 is 0 Å². The molecule has 3 unspecified atom stereocenters. The molecule has 24 heavy (non-hydrogen) atoms. The van der Waals surface area contributed by atoms with Crippen LogP contribution in [0.15, 0.2) is 24.5 Å². The fraction of sp³-hybridized carbons (Fsp3) is 0.684. The van der Waals surface area contributed by atoms with E-state index in [1.54, 1.807) is 6.20 Å². The first-order chi connectivity index (χ1) is 11.7. The van der Waals surface area contributed by atoms with Crippen molar-refractivity contribution in [2.24, 2.45) is 17.8 Å². The number of hydrogen-bond donors (Lipinski definition) is 1. The number of amides is 1. The first kappa shape index (κ1) is 17.4. The fourth-order valence-corrected chi connectivity index (χ4v) is 4.20. The number of carbonyl (C=O) groups excluding carboxylic acids is 1. The molecule has 1 aromatic heterocycles. The summed E-state index contributed by atoms with van der Waals surface area (Å²) in [4.78, 5) is 21.5. The van der Waals surface area contributed by atoms with Crippen LogP contribution in [0.4, 0.5) is 0 Å². The third-order valence-corrected chi connectivity index (χ3v) is 5.30. The molecule has 3 atom stereocenters. The summed E-state index contributed by atoms with van der Waals surface area (Å²) in [5.74, 6) is 1.11. The first-order valence-corrected chi connectivity index (χ1v) is 9.16. The van der Waals surface area contributed by atoms with Crippen molar-refractivity contribution >= 4 is 5.91 Å². The summed E-state index contributed by atoms with van der Waals surface area (Å²) in [5.41, 5.74) is 1.21. The van der Waals surface area contributed by atoms with Gasteiger partial charge in [-0.3, -0.25) is 14.7 Å². The fourth-order valence-electron chi connectivity index (χ4n) is 4.20. The SMILES string of the molecule is CC1CC(CO)CN(C(=O)C2CCCN(Cc3cccnc3)C2)C1. The Kier molecular flexibility index (Phi) is 5.85.